The SMILES string of the molecule is Brc1nnn(CCc2ccccc2)c1Br. The van der Waals surface area contributed by atoms with Crippen LogP contribution in [0.4, 0.5) is 0 Å². The number of rotatable bonds is 3. The Morgan fingerprint density at radius 2 is 1.87 bits per heavy atom. The van der Waals surface area contributed by atoms with Crippen molar-refractivity contribution in [2.45, 2.75) is 13.0 Å². The van der Waals surface area contributed by atoms with Gasteiger partial charge in [0.1, 0.15) is 4.60 Å². The van der Waals surface area contributed by atoms with Crippen molar-refractivity contribution in [3.05, 3.63) is 45.1 Å². The largest absolute Gasteiger partial charge is 0.237 e. The summed E-state index contributed by atoms with van der Waals surface area (Å²) in [6, 6.07) is 10.3. The smallest absolute Gasteiger partial charge is 0.162 e. The van der Waals surface area contributed by atoms with Crippen molar-refractivity contribution in [1.82, 2.24) is 15.0 Å². The topological polar surface area (TPSA) is 30.7 Å². The van der Waals surface area contributed by atoms with Gasteiger partial charge in [0, 0.05) is 6.54 Å². The van der Waals surface area contributed by atoms with E-state index in [9.17, 15) is 0 Å². The monoisotopic (exact) mass is 329 g/mol. The van der Waals surface area contributed by atoms with Gasteiger partial charge in [0.2, 0.25) is 0 Å². The molecule has 5 heteroatoms. The second kappa shape index (κ2) is 4.90. The van der Waals surface area contributed by atoms with Crippen LogP contribution in [0, 0.1) is 0 Å². The molecule has 0 unspecified atom stereocenters. The fourth-order valence-corrected chi connectivity index (χ4v) is 1.91. The van der Waals surface area contributed by atoms with Crippen molar-refractivity contribution in [2.24, 2.45) is 0 Å². The van der Waals surface area contributed by atoms with Crippen LogP contribution in [0.2, 0.25) is 0 Å². The van der Waals surface area contributed by atoms with Gasteiger partial charge in [0.15, 0.2) is 4.60 Å². The molecule has 1 aromatic carbocycles. The van der Waals surface area contributed by atoms with E-state index in [0.29, 0.717) is 0 Å². The van der Waals surface area contributed by atoms with E-state index in [-0.39, 0.29) is 0 Å². The molecule has 0 atom stereocenters. The first-order chi connectivity index (χ1) is 7.27. The number of aryl methyl sites for hydroxylation is 2. The molecule has 2 aromatic rings. The zero-order valence-electron chi connectivity index (χ0n) is 7.90. The summed E-state index contributed by atoms with van der Waals surface area (Å²) in [5.74, 6) is 0. The molecule has 15 heavy (non-hydrogen) atoms. The molecule has 0 aliphatic carbocycles. The molecule has 0 radical (unpaired) electrons. The summed E-state index contributed by atoms with van der Waals surface area (Å²) in [6.45, 7) is 0.823. The minimum atomic E-state index is 0.746. The number of hydrogen-bond acceptors (Lipinski definition) is 2. The van der Waals surface area contributed by atoms with Crippen molar-refractivity contribution in [1.29, 1.82) is 0 Å². The van der Waals surface area contributed by atoms with Gasteiger partial charge in [-0.3, -0.25) is 0 Å². The van der Waals surface area contributed by atoms with E-state index in [4.69, 9.17) is 0 Å². The van der Waals surface area contributed by atoms with Crippen LogP contribution in [-0.2, 0) is 13.0 Å². The van der Waals surface area contributed by atoms with Crippen LogP contribution in [0.25, 0.3) is 0 Å². The Morgan fingerprint density at radius 3 is 2.47 bits per heavy atom. The van der Waals surface area contributed by atoms with Gasteiger partial charge < -0.3 is 0 Å². The Bertz CT molecular complexity index is 439. The molecule has 78 valence electrons. The van der Waals surface area contributed by atoms with Crippen LogP contribution in [0.15, 0.2) is 39.5 Å². The maximum Gasteiger partial charge on any atom is 0.162 e. The summed E-state index contributed by atoms with van der Waals surface area (Å²) in [4.78, 5) is 0. The average molecular weight is 331 g/mol. The Morgan fingerprint density at radius 1 is 1.13 bits per heavy atom. The molecule has 1 heterocycles. The highest BCUT2D eigenvalue weighted by atomic mass is 79.9. The van der Waals surface area contributed by atoms with Crippen molar-refractivity contribution < 1.29 is 0 Å². The van der Waals surface area contributed by atoms with Crippen molar-refractivity contribution >= 4 is 31.9 Å². The Labute approximate surface area is 105 Å². The highest BCUT2D eigenvalue weighted by molar-refractivity contribution is 9.13. The van der Waals surface area contributed by atoms with Gasteiger partial charge in [-0.2, -0.15) is 0 Å². The summed E-state index contributed by atoms with van der Waals surface area (Å²) >= 11 is 6.72. The average Bonchev–Trinajstić information content (AvgIpc) is 2.59. The molecular formula is C10H9Br2N3. The maximum absolute atomic E-state index is 4.00. The molecule has 2 rings (SSSR count). The summed E-state index contributed by atoms with van der Waals surface area (Å²) in [7, 11) is 0. The number of hydrogen-bond donors (Lipinski definition) is 0. The number of nitrogens with zero attached hydrogens (tertiary/aromatic N) is 3. The normalized spacial score (nSPS) is 10.5. The van der Waals surface area contributed by atoms with Crippen LogP contribution < -0.4 is 0 Å². The minimum absolute atomic E-state index is 0.746. The van der Waals surface area contributed by atoms with Gasteiger partial charge in [0.05, 0.1) is 0 Å². The summed E-state index contributed by atoms with van der Waals surface area (Å²) in [6.07, 6.45) is 0.954. The van der Waals surface area contributed by atoms with Crippen molar-refractivity contribution in [3.63, 3.8) is 0 Å². The highest BCUT2D eigenvalue weighted by Crippen LogP contribution is 2.19. The van der Waals surface area contributed by atoms with Crippen molar-refractivity contribution in [2.75, 3.05) is 0 Å². The summed E-state index contributed by atoms with van der Waals surface area (Å²) in [5.41, 5.74) is 1.30. The van der Waals surface area contributed by atoms with Crippen LogP contribution in [-0.4, -0.2) is 15.0 Å². The number of aromatic nitrogens is 3. The molecule has 0 amide bonds. The zero-order chi connectivity index (χ0) is 10.7. The van der Waals surface area contributed by atoms with E-state index in [1.54, 1.807) is 0 Å². The molecule has 0 fully saturated rings. The molecule has 0 aliphatic heterocycles. The highest BCUT2D eigenvalue weighted by Gasteiger charge is 2.06. The first-order valence-electron chi connectivity index (χ1n) is 4.56. The van der Waals surface area contributed by atoms with E-state index < -0.39 is 0 Å². The number of halogens is 2. The Hall–Kier alpha value is -0.680. The summed E-state index contributed by atoms with van der Waals surface area (Å²) in [5, 5.41) is 7.91. The zero-order valence-corrected chi connectivity index (χ0v) is 11.1. The Balaban J connectivity index is 2.02. The van der Waals surface area contributed by atoms with Gasteiger partial charge in [-0.15, -0.1) is 5.10 Å². The second-order valence-electron chi connectivity index (χ2n) is 3.13. The molecular weight excluding hydrogens is 322 g/mol. The lowest BCUT2D eigenvalue weighted by Gasteiger charge is -2.02. The van der Waals surface area contributed by atoms with Crippen LogP contribution >= 0.6 is 31.9 Å². The van der Waals surface area contributed by atoms with E-state index in [0.717, 1.165) is 22.2 Å². The predicted molar refractivity (Wildman–Crippen MR) is 65.6 cm³/mol. The summed E-state index contributed by atoms with van der Waals surface area (Å²) < 4.78 is 3.46. The first kappa shape index (κ1) is 10.8. The van der Waals surface area contributed by atoms with Gasteiger partial charge in [-0.05, 0) is 43.8 Å². The molecule has 0 saturated carbocycles. The fraction of sp³-hybridized carbons (Fsp3) is 0.200. The second-order valence-corrected chi connectivity index (χ2v) is 4.63. The van der Waals surface area contributed by atoms with Crippen LogP contribution in [0.1, 0.15) is 5.56 Å². The van der Waals surface area contributed by atoms with Crippen LogP contribution in [0.5, 0.6) is 0 Å². The molecule has 3 nitrogen and oxygen atoms in total. The van der Waals surface area contributed by atoms with Gasteiger partial charge in [-0.1, -0.05) is 35.5 Å². The molecule has 1 aromatic heterocycles. The first-order valence-corrected chi connectivity index (χ1v) is 6.14. The van der Waals surface area contributed by atoms with E-state index in [1.165, 1.54) is 5.56 Å². The lowest BCUT2D eigenvalue weighted by atomic mass is 10.1. The third-order valence-corrected chi connectivity index (χ3v) is 3.94. The third-order valence-electron chi connectivity index (χ3n) is 2.09. The molecule has 0 spiro atoms. The van der Waals surface area contributed by atoms with Crippen molar-refractivity contribution in [3.8, 4) is 0 Å². The fourth-order valence-electron chi connectivity index (χ4n) is 1.30. The van der Waals surface area contributed by atoms with E-state index >= 15 is 0 Å². The molecule has 0 saturated heterocycles. The maximum atomic E-state index is 4.00. The standard InChI is InChI=1S/C10H9Br2N3/c11-9-10(12)15(14-13-9)7-6-8-4-2-1-3-5-8/h1-5H,6-7H2. The minimum Gasteiger partial charge on any atom is -0.237 e. The molecule has 0 N–H and O–H groups in total. The molecule has 0 aliphatic rings. The molecule has 0 bridgehead atoms. The quantitative estimate of drug-likeness (QED) is 0.866. The van der Waals surface area contributed by atoms with Gasteiger partial charge in [-0.25, -0.2) is 4.68 Å². The number of benzene rings is 1. The van der Waals surface area contributed by atoms with E-state index in [1.807, 2.05) is 22.9 Å². The van der Waals surface area contributed by atoms with E-state index in [2.05, 4.69) is 54.3 Å². The predicted octanol–water partition coefficient (Wildman–Crippen LogP) is 3.05. The lowest BCUT2D eigenvalue weighted by Crippen LogP contribution is -2.03. The third kappa shape index (κ3) is 2.66. The van der Waals surface area contributed by atoms with Gasteiger partial charge in [0.25, 0.3) is 0 Å². The Kier molecular flexibility index (Phi) is 3.53. The lowest BCUT2D eigenvalue weighted by molar-refractivity contribution is 0.579. The van der Waals surface area contributed by atoms with Crippen LogP contribution in [0.3, 0.4) is 0 Å². The van der Waals surface area contributed by atoms with Gasteiger partial charge >= 0.3 is 0 Å².